The quantitative estimate of drug-likeness (QED) is 0.662. The predicted molar refractivity (Wildman–Crippen MR) is 110 cm³/mol. The van der Waals surface area contributed by atoms with Gasteiger partial charge in [0, 0.05) is 32.5 Å². The molecule has 0 radical (unpaired) electrons. The van der Waals surface area contributed by atoms with Gasteiger partial charge in [-0.15, -0.1) is 15.3 Å². The highest BCUT2D eigenvalue weighted by molar-refractivity contribution is 5.76. The highest BCUT2D eigenvalue weighted by atomic mass is 16.5. The largest absolute Gasteiger partial charge is 0.497 e. The molecular formula is C21H26N6O2. The summed E-state index contributed by atoms with van der Waals surface area (Å²) in [6.45, 7) is 2.55. The number of fused-ring (bicyclic) bond motifs is 1. The highest BCUT2D eigenvalue weighted by Crippen LogP contribution is 2.18. The first-order chi connectivity index (χ1) is 14.2. The average Bonchev–Trinajstić information content (AvgIpc) is 3.19. The number of nitrogens with zero attached hydrogens (tertiary/aromatic N) is 5. The van der Waals surface area contributed by atoms with Crippen LogP contribution >= 0.6 is 0 Å². The molecule has 0 saturated carbocycles. The topological polar surface area (TPSA) is 84.6 Å². The van der Waals surface area contributed by atoms with E-state index in [9.17, 15) is 4.79 Å². The zero-order valence-electron chi connectivity index (χ0n) is 16.7. The Labute approximate surface area is 169 Å². The Morgan fingerprint density at radius 1 is 1.07 bits per heavy atom. The number of amides is 1. The van der Waals surface area contributed by atoms with Crippen molar-refractivity contribution < 1.29 is 9.53 Å². The Morgan fingerprint density at radius 2 is 1.86 bits per heavy atom. The van der Waals surface area contributed by atoms with E-state index in [-0.39, 0.29) is 5.91 Å². The summed E-state index contributed by atoms with van der Waals surface area (Å²) >= 11 is 0. The van der Waals surface area contributed by atoms with Gasteiger partial charge in [0.1, 0.15) is 11.6 Å². The summed E-state index contributed by atoms with van der Waals surface area (Å²) < 4.78 is 6.91. The summed E-state index contributed by atoms with van der Waals surface area (Å²) in [6, 6.07) is 11.6. The third kappa shape index (κ3) is 4.64. The number of anilines is 1. The van der Waals surface area contributed by atoms with Crippen molar-refractivity contribution in [2.75, 3.05) is 25.1 Å². The maximum Gasteiger partial charge on any atom is 0.220 e. The Balaban J connectivity index is 1.35. The van der Waals surface area contributed by atoms with E-state index in [0.29, 0.717) is 30.9 Å². The molecule has 0 atom stereocenters. The van der Waals surface area contributed by atoms with Crippen LogP contribution in [0.2, 0.25) is 0 Å². The van der Waals surface area contributed by atoms with Crippen LogP contribution in [0.4, 0.5) is 5.82 Å². The van der Waals surface area contributed by atoms with E-state index < -0.39 is 0 Å². The fourth-order valence-electron chi connectivity index (χ4n) is 3.53. The molecule has 29 heavy (non-hydrogen) atoms. The van der Waals surface area contributed by atoms with E-state index in [0.717, 1.165) is 30.2 Å². The normalized spacial score (nSPS) is 14.2. The minimum atomic E-state index is -0.0234. The number of rotatable bonds is 7. The van der Waals surface area contributed by atoms with Gasteiger partial charge in [-0.2, -0.15) is 4.52 Å². The van der Waals surface area contributed by atoms with Crippen LogP contribution in [0.25, 0.3) is 5.65 Å². The number of ether oxygens (including phenoxy) is 1. The van der Waals surface area contributed by atoms with Gasteiger partial charge in [-0.25, -0.2) is 0 Å². The SMILES string of the molecule is COc1ccc(CNC(=O)CCc2nnc3ccc(N4CCCCC4)nn23)cc1. The molecule has 0 spiro atoms. The molecule has 4 rings (SSSR count). The van der Waals surface area contributed by atoms with E-state index in [2.05, 4.69) is 20.4 Å². The standard InChI is InChI=1S/C21H26N6O2/c1-29-17-7-5-16(6-8-17)15-22-21(28)12-11-19-24-23-18-9-10-20(25-27(18)19)26-13-3-2-4-14-26/h5-10H,2-4,11-15H2,1H3,(H,22,28). The van der Waals surface area contributed by atoms with E-state index in [4.69, 9.17) is 9.84 Å². The van der Waals surface area contributed by atoms with Crippen molar-refractivity contribution >= 4 is 17.4 Å². The lowest BCUT2D eigenvalue weighted by Gasteiger charge is -2.27. The molecule has 3 heterocycles. The summed E-state index contributed by atoms with van der Waals surface area (Å²) in [4.78, 5) is 14.6. The van der Waals surface area contributed by atoms with E-state index in [1.807, 2.05) is 36.4 Å². The number of benzene rings is 1. The van der Waals surface area contributed by atoms with Gasteiger partial charge >= 0.3 is 0 Å². The third-order valence-electron chi connectivity index (χ3n) is 5.22. The Morgan fingerprint density at radius 3 is 2.62 bits per heavy atom. The van der Waals surface area contributed by atoms with Crippen molar-refractivity contribution in [2.24, 2.45) is 0 Å². The molecule has 3 aromatic rings. The van der Waals surface area contributed by atoms with Crippen molar-refractivity contribution in [3.8, 4) is 5.75 Å². The molecule has 1 saturated heterocycles. The van der Waals surface area contributed by atoms with Gasteiger partial charge in [0.2, 0.25) is 5.91 Å². The van der Waals surface area contributed by atoms with Gasteiger partial charge in [0.25, 0.3) is 0 Å². The fraction of sp³-hybridized carbons (Fsp3) is 0.429. The predicted octanol–water partition coefficient (Wildman–Crippen LogP) is 2.37. The second-order valence-electron chi connectivity index (χ2n) is 7.25. The lowest BCUT2D eigenvalue weighted by molar-refractivity contribution is -0.121. The number of piperidine rings is 1. The van der Waals surface area contributed by atoms with Crippen LogP contribution in [0.1, 0.15) is 37.1 Å². The summed E-state index contributed by atoms with van der Waals surface area (Å²) in [5.74, 6) is 2.43. The Kier molecular flexibility index (Phi) is 5.88. The number of hydrogen-bond acceptors (Lipinski definition) is 6. The molecule has 0 bridgehead atoms. The molecule has 8 heteroatoms. The first kappa shape index (κ1) is 19.2. The Hall–Kier alpha value is -3.16. The average molecular weight is 394 g/mol. The van der Waals surface area contributed by atoms with Gasteiger partial charge in [-0.05, 0) is 49.1 Å². The maximum atomic E-state index is 12.3. The van der Waals surface area contributed by atoms with Crippen molar-refractivity contribution in [2.45, 2.75) is 38.6 Å². The van der Waals surface area contributed by atoms with Crippen LogP contribution in [0.15, 0.2) is 36.4 Å². The first-order valence-electron chi connectivity index (χ1n) is 10.1. The van der Waals surface area contributed by atoms with Crippen LogP contribution in [0.3, 0.4) is 0 Å². The number of carbonyl (C=O) groups excluding carboxylic acids is 1. The third-order valence-corrected chi connectivity index (χ3v) is 5.22. The second kappa shape index (κ2) is 8.89. The molecule has 1 amide bonds. The molecule has 1 aliphatic heterocycles. The summed E-state index contributed by atoms with van der Waals surface area (Å²) in [5.41, 5.74) is 1.74. The van der Waals surface area contributed by atoms with Crippen molar-refractivity contribution in [3.05, 3.63) is 47.8 Å². The van der Waals surface area contributed by atoms with Gasteiger partial charge in [0.05, 0.1) is 7.11 Å². The molecule has 1 aromatic carbocycles. The number of methoxy groups -OCH3 is 1. The van der Waals surface area contributed by atoms with Gasteiger partial charge < -0.3 is 15.0 Å². The molecule has 2 aromatic heterocycles. The van der Waals surface area contributed by atoms with Crippen LogP contribution in [0.5, 0.6) is 5.75 Å². The summed E-state index contributed by atoms with van der Waals surface area (Å²) in [7, 11) is 1.63. The van der Waals surface area contributed by atoms with E-state index in [1.54, 1.807) is 11.6 Å². The number of aryl methyl sites for hydroxylation is 1. The fourth-order valence-corrected chi connectivity index (χ4v) is 3.53. The number of carbonyl (C=O) groups is 1. The highest BCUT2D eigenvalue weighted by Gasteiger charge is 2.15. The lowest BCUT2D eigenvalue weighted by atomic mass is 10.1. The number of aromatic nitrogens is 4. The van der Waals surface area contributed by atoms with Crippen LogP contribution in [-0.2, 0) is 17.8 Å². The van der Waals surface area contributed by atoms with E-state index >= 15 is 0 Å². The van der Waals surface area contributed by atoms with Gasteiger partial charge in [-0.3, -0.25) is 4.79 Å². The van der Waals surface area contributed by atoms with Crippen molar-refractivity contribution in [3.63, 3.8) is 0 Å². The molecule has 1 aliphatic rings. The molecule has 152 valence electrons. The number of nitrogens with one attached hydrogen (secondary N) is 1. The van der Waals surface area contributed by atoms with E-state index in [1.165, 1.54) is 19.3 Å². The zero-order valence-corrected chi connectivity index (χ0v) is 16.7. The maximum absolute atomic E-state index is 12.3. The van der Waals surface area contributed by atoms with Crippen molar-refractivity contribution in [1.29, 1.82) is 0 Å². The first-order valence-corrected chi connectivity index (χ1v) is 10.1. The molecule has 1 N–H and O–H groups in total. The minimum absolute atomic E-state index is 0.0234. The van der Waals surface area contributed by atoms with Gasteiger partial charge in [0.15, 0.2) is 11.5 Å². The van der Waals surface area contributed by atoms with Crippen LogP contribution in [-0.4, -0.2) is 45.9 Å². The zero-order chi connectivity index (χ0) is 20.1. The summed E-state index contributed by atoms with van der Waals surface area (Å²) in [6.07, 6.45) is 4.51. The minimum Gasteiger partial charge on any atom is -0.497 e. The monoisotopic (exact) mass is 394 g/mol. The smallest absolute Gasteiger partial charge is 0.220 e. The lowest BCUT2D eigenvalue weighted by Crippen LogP contribution is -2.30. The molecular weight excluding hydrogens is 368 g/mol. The van der Waals surface area contributed by atoms with Crippen molar-refractivity contribution in [1.82, 2.24) is 25.1 Å². The van der Waals surface area contributed by atoms with Crippen LogP contribution in [0, 0.1) is 0 Å². The Bertz CT molecular complexity index is 963. The van der Waals surface area contributed by atoms with Gasteiger partial charge in [-0.1, -0.05) is 12.1 Å². The molecule has 0 aliphatic carbocycles. The summed E-state index contributed by atoms with van der Waals surface area (Å²) in [5, 5.41) is 16.1. The molecule has 0 unspecified atom stereocenters. The molecule has 8 nitrogen and oxygen atoms in total. The number of hydrogen-bond donors (Lipinski definition) is 1. The molecule has 1 fully saturated rings. The van der Waals surface area contributed by atoms with Crippen LogP contribution < -0.4 is 15.0 Å². The second-order valence-corrected chi connectivity index (χ2v) is 7.25.